The smallest absolute Gasteiger partial charge is 0.305 e. The van der Waals surface area contributed by atoms with Gasteiger partial charge in [-0.3, -0.25) is 9.59 Å². The molecule has 1 aromatic rings. The highest BCUT2D eigenvalue weighted by Crippen LogP contribution is 2.50. The van der Waals surface area contributed by atoms with Crippen LogP contribution in [0.15, 0.2) is 18.2 Å². The van der Waals surface area contributed by atoms with E-state index in [-0.39, 0.29) is 17.2 Å². The Hall–Kier alpha value is -1.16. The van der Waals surface area contributed by atoms with Gasteiger partial charge in [-0.25, -0.2) is 0 Å². The second-order valence-corrected chi connectivity index (χ2v) is 10.2. The molecule has 0 unspecified atom stereocenters. The topological polar surface area (TPSA) is 43.4 Å². The normalized spacial score (nSPS) is 25.7. The quantitative estimate of drug-likeness (QED) is 0.402. The molecule has 2 aliphatic carbocycles. The Kier molecular flexibility index (Phi) is 5.11. The van der Waals surface area contributed by atoms with Crippen LogP contribution in [-0.2, 0) is 21.4 Å². The maximum atomic E-state index is 12.6. The fraction of sp³-hybridized carbons (Fsp3) is 0.619. The number of fused-ring (bicyclic) bond motifs is 2. The molecule has 1 fully saturated rings. The molecule has 0 saturated heterocycles. The van der Waals surface area contributed by atoms with Crippen molar-refractivity contribution in [3.63, 3.8) is 0 Å². The Morgan fingerprint density at radius 3 is 2.52 bits per heavy atom. The predicted octanol–water partition coefficient (Wildman–Crippen LogP) is 4.98. The van der Waals surface area contributed by atoms with E-state index in [0.717, 1.165) is 37.7 Å². The molecule has 0 heterocycles. The first-order valence-corrected chi connectivity index (χ1v) is 9.98. The summed E-state index contributed by atoms with van der Waals surface area (Å²) in [7, 11) is 1.46. The van der Waals surface area contributed by atoms with Crippen LogP contribution in [0.25, 0.3) is 0 Å². The van der Waals surface area contributed by atoms with Gasteiger partial charge < -0.3 is 4.74 Å². The van der Waals surface area contributed by atoms with E-state index in [1.54, 1.807) is 0 Å². The number of carbonyl (C=O) groups excluding carboxylic acids is 2. The highest BCUT2D eigenvalue weighted by molar-refractivity contribution is 9.10. The van der Waals surface area contributed by atoms with Gasteiger partial charge in [-0.2, -0.15) is 0 Å². The zero-order valence-electron chi connectivity index (χ0n) is 15.4. The monoisotopic (exact) mass is 406 g/mol. The zero-order valence-corrected chi connectivity index (χ0v) is 16.9. The third-order valence-electron chi connectivity index (χ3n) is 6.10. The molecule has 0 aliphatic heterocycles. The van der Waals surface area contributed by atoms with Gasteiger partial charge >= 0.3 is 5.97 Å². The van der Waals surface area contributed by atoms with Crippen molar-refractivity contribution in [3.05, 3.63) is 34.9 Å². The van der Waals surface area contributed by atoms with E-state index in [0.29, 0.717) is 12.3 Å². The van der Waals surface area contributed by atoms with Crippen LogP contribution in [0, 0.1) is 5.92 Å². The van der Waals surface area contributed by atoms with Gasteiger partial charge in [-0.05, 0) is 80.9 Å². The first kappa shape index (κ1) is 18.6. The molecular weight excluding hydrogens is 380 g/mol. The van der Waals surface area contributed by atoms with Crippen LogP contribution in [0.4, 0.5) is 0 Å². The van der Waals surface area contributed by atoms with Crippen LogP contribution in [0.3, 0.4) is 0 Å². The van der Waals surface area contributed by atoms with Gasteiger partial charge in [0.05, 0.1) is 11.4 Å². The lowest BCUT2D eigenvalue weighted by Crippen LogP contribution is -2.31. The lowest BCUT2D eigenvalue weighted by Gasteiger charge is -2.38. The molecular formula is C21H27BrO3. The van der Waals surface area contributed by atoms with Crippen molar-refractivity contribution in [2.75, 3.05) is 7.11 Å². The number of hydrogen-bond acceptors (Lipinski definition) is 3. The second kappa shape index (κ2) is 6.86. The minimum absolute atomic E-state index is 0.0970. The Labute approximate surface area is 158 Å². The Morgan fingerprint density at radius 2 is 1.92 bits per heavy atom. The number of halogens is 1. The van der Waals surface area contributed by atoms with Gasteiger partial charge in [-0.1, -0.05) is 28.1 Å². The highest BCUT2D eigenvalue weighted by Gasteiger charge is 2.42. The number of aryl methyl sites for hydroxylation is 1. The lowest BCUT2D eigenvalue weighted by molar-refractivity contribution is -0.142. The molecule has 1 spiro atoms. The number of benzene rings is 1. The van der Waals surface area contributed by atoms with Crippen LogP contribution < -0.4 is 0 Å². The molecule has 0 radical (unpaired) electrons. The molecule has 1 saturated carbocycles. The number of methoxy groups -OCH3 is 1. The largest absolute Gasteiger partial charge is 0.469 e. The second-order valence-electron chi connectivity index (χ2n) is 8.18. The minimum atomic E-state index is -0.537. The highest BCUT2D eigenvalue weighted by atomic mass is 79.9. The third kappa shape index (κ3) is 3.69. The number of ether oxygens (including phenoxy) is 1. The standard InChI is InChI=1S/C21H27BrO3/c1-20(2,22)19(24)16-5-4-15-8-11-21(17(15)13-16)9-6-14(7-10-21)12-18(23)25-3/h4-5,13-14H,6-12H2,1-3H3. The lowest BCUT2D eigenvalue weighted by atomic mass is 9.66. The minimum Gasteiger partial charge on any atom is -0.469 e. The number of hydrogen-bond donors (Lipinski definition) is 0. The van der Waals surface area contributed by atoms with E-state index in [1.165, 1.54) is 24.7 Å². The summed E-state index contributed by atoms with van der Waals surface area (Å²) >= 11 is 3.49. The average molecular weight is 407 g/mol. The van der Waals surface area contributed by atoms with Gasteiger partial charge in [0.2, 0.25) is 0 Å². The van der Waals surface area contributed by atoms with Gasteiger partial charge in [0.1, 0.15) is 0 Å². The summed E-state index contributed by atoms with van der Waals surface area (Å²) in [6.07, 6.45) is 7.16. The molecule has 0 atom stereocenters. The van der Waals surface area contributed by atoms with E-state index in [4.69, 9.17) is 4.74 Å². The molecule has 0 aromatic heterocycles. The van der Waals surface area contributed by atoms with E-state index in [2.05, 4.69) is 28.1 Å². The van der Waals surface area contributed by atoms with E-state index < -0.39 is 4.32 Å². The van der Waals surface area contributed by atoms with Crippen molar-refractivity contribution in [2.24, 2.45) is 5.92 Å². The number of Topliss-reactive ketones (excluding diaryl/α,β-unsaturated/α-hetero) is 1. The molecule has 25 heavy (non-hydrogen) atoms. The summed E-state index contributed by atoms with van der Waals surface area (Å²) in [6, 6.07) is 6.27. The van der Waals surface area contributed by atoms with Crippen LogP contribution in [-0.4, -0.2) is 23.2 Å². The summed E-state index contributed by atoms with van der Waals surface area (Å²) in [5, 5.41) is 0. The molecule has 2 aliphatic rings. The van der Waals surface area contributed by atoms with Gasteiger partial charge in [0.15, 0.2) is 5.78 Å². The van der Waals surface area contributed by atoms with E-state index in [1.807, 2.05) is 19.9 Å². The molecule has 0 amide bonds. The summed E-state index contributed by atoms with van der Waals surface area (Å²) in [6.45, 7) is 3.80. The van der Waals surface area contributed by atoms with Crippen molar-refractivity contribution < 1.29 is 14.3 Å². The molecule has 0 N–H and O–H groups in total. The molecule has 0 bridgehead atoms. The molecule has 3 nitrogen and oxygen atoms in total. The van der Waals surface area contributed by atoms with Crippen molar-refractivity contribution in [2.45, 2.75) is 68.5 Å². The fourth-order valence-corrected chi connectivity index (χ4v) is 4.78. The van der Waals surface area contributed by atoms with Gasteiger partial charge in [0.25, 0.3) is 0 Å². The van der Waals surface area contributed by atoms with Gasteiger partial charge in [0, 0.05) is 12.0 Å². The summed E-state index contributed by atoms with van der Waals surface area (Å²) in [5.41, 5.74) is 3.79. The number of carbonyl (C=O) groups is 2. The Bertz CT molecular complexity index is 679. The Morgan fingerprint density at radius 1 is 1.24 bits per heavy atom. The molecule has 3 rings (SSSR count). The van der Waals surface area contributed by atoms with Crippen LogP contribution in [0.1, 0.15) is 73.9 Å². The molecule has 136 valence electrons. The van der Waals surface area contributed by atoms with Crippen molar-refractivity contribution >= 4 is 27.7 Å². The first-order chi connectivity index (χ1) is 11.7. The van der Waals surface area contributed by atoms with E-state index in [9.17, 15) is 9.59 Å². The van der Waals surface area contributed by atoms with E-state index >= 15 is 0 Å². The summed E-state index contributed by atoms with van der Waals surface area (Å²) in [5.74, 6) is 0.477. The third-order valence-corrected chi connectivity index (χ3v) is 6.46. The average Bonchev–Trinajstić information content (AvgIpc) is 2.93. The summed E-state index contributed by atoms with van der Waals surface area (Å²) < 4.78 is 4.28. The Balaban J connectivity index is 1.80. The number of alkyl halides is 1. The predicted molar refractivity (Wildman–Crippen MR) is 102 cm³/mol. The molecule has 4 heteroatoms. The fourth-order valence-electron chi connectivity index (χ4n) is 4.55. The van der Waals surface area contributed by atoms with Gasteiger partial charge in [-0.15, -0.1) is 0 Å². The van der Waals surface area contributed by atoms with Crippen molar-refractivity contribution in [1.29, 1.82) is 0 Å². The summed E-state index contributed by atoms with van der Waals surface area (Å²) in [4.78, 5) is 24.2. The SMILES string of the molecule is COC(=O)CC1CCC2(CCc3ccc(C(=O)C(C)(C)Br)cc32)CC1. The number of rotatable bonds is 4. The van der Waals surface area contributed by atoms with Crippen LogP contribution in [0.2, 0.25) is 0 Å². The first-order valence-electron chi connectivity index (χ1n) is 9.19. The zero-order chi connectivity index (χ0) is 18.2. The van der Waals surface area contributed by atoms with Crippen molar-refractivity contribution in [3.8, 4) is 0 Å². The number of esters is 1. The van der Waals surface area contributed by atoms with Crippen molar-refractivity contribution in [1.82, 2.24) is 0 Å². The maximum Gasteiger partial charge on any atom is 0.305 e. The van der Waals surface area contributed by atoms with Crippen LogP contribution >= 0.6 is 15.9 Å². The maximum absolute atomic E-state index is 12.6. The molecule has 1 aromatic carbocycles. The number of ketones is 1. The van der Waals surface area contributed by atoms with Crippen LogP contribution in [0.5, 0.6) is 0 Å².